The summed E-state index contributed by atoms with van der Waals surface area (Å²) in [6.07, 6.45) is -0.612. The molecule has 0 aromatic heterocycles. The minimum absolute atomic E-state index is 0.162. The summed E-state index contributed by atoms with van der Waals surface area (Å²) >= 11 is 0. The summed E-state index contributed by atoms with van der Waals surface area (Å²) in [7, 11) is 0. The van der Waals surface area contributed by atoms with Crippen LogP contribution >= 0.6 is 0 Å². The van der Waals surface area contributed by atoms with E-state index in [4.69, 9.17) is 10.2 Å². The monoisotopic (exact) mass is 147 g/mol. The van der Waals surface area contributed by atoms with Gasteiger partial charge in [-0.2, -0.15) is 0 Å². The molecule has 0 aromatic carbocycles. The second-order valence-electron chi connectivity index (χ2n) is 2.89. The van der Waals surface area contributed by atoms with Crippen molar-refractivity contribution in [3.63, 3.8) is 0 Å². The molecule has 0 spiro atoms. The van der Waals surface area contributed by atoms with Gasteiger partial charge in [0.2, 0.25) is 0 Å². The zero-order valence-corrected chi connectivity index (χ0v) is 6.67. The van der Waals surface area contributed by atoms with Gasteiger partial charge < -0.3 is 15.5 Å². The first kappa shape index (κ1) is 9.88. The Morgan fingerprint density at radius 2 is 1.90 bits per heavy atom. The van der Waals surface area contributed by atoms with Crippen LogP contribution in [0.4, 0.5) is 0 Å². The summed E-state index contributed by atoms with van der Waals surface area (Å²) in [6.45, 7) is 5.40. The number of hydrogen-bond donors (Lipinski definition) is 3. The van der Waals surface area contributed by atoms with Gasteiger partial charge in [0.15, 0.2) is 0 Å². The summed E-state index contributed by atoms with van der Waals surface area (Å²) in [4.78, 5) is 0. The number of aliphatic hydroxyl groups excluding tert-OH is 2. The fourth-order valence-electron chi connectivity index (χ4n) is 0.603. The van der Waals surface area contributed by atoms with Crippen LogP contribution < -0.4 is 5.32 Å². The molecule has 10 heavy (non-hydrogen) atoms. The van der Waals surface area contributed by atoms with Gasteiger partial charge in [0.1, 0.15) is 0 Å². The molecule has 3 nitrogen and oxygen atoms in total. The maximum absolute atomic E-state index is 8.86. The highest BCUT2D eigenvalue weighted by atomic mass is 16.3. The van der Waals surface area contributed by atoms with Crippen molar-refractivity contribution in [3.05, 3.63) is 0 Å². The van der Waals surface area contributed by atoms with Gasteiger partial charge in [-0.05, 0) is 12.5 Å². The van der Waals surface area contributed by atoms with E-state index < -0.39 is 6.10 Å². The SMILES string of the molecule is CC(C)CNCC(O)CO. The van der Waals surface area contributed by atoms with E-state index in [0.29, 0.717) is 12.5 Å². The van der Waals surface area contributed by atoms with Crippen molar-refractivity contribution in [1.82, 2.24) is 5.32 Å². The molecule has 3 N–H and O–H groups in total. The minimum atomic E-state index is -0.612. The van der Waals surface area contributed by atoms with Crippen LogP contribution in [-0.2, 0) is 0 Å². The van der Waals surface area contributed by atoms with E-state index in [-0.39, 0.29) is 6.61 Å². The number of rotatable bonds is 5. The molecule has 1 atom stereocenters. The van der Waals surface area contributed by atoms with E-state index in [1.807, 2.05) is 0 Å². The van der Waals surface area contributed by atoms with E-state index in [2.05, 4.69) is 19.2 Å². The summed E-state index contributed by atoms with van der Waals surface area (Å²) in [5.74, 6) is 0.589. The Morgan fingerprint density at radius 1 is 1.30 bits per heavy atom. The molecule has 0 aromatic rings. The summed E-state index contributed by atoms with van der Waals surface area (Å²) in [5.41, 5.74) is 0. The largest absolute Gasteiger partial charge is 0.394 e. The van der Waals surface area contributed by atoms with Crippen molar-refractivity contribution < 1.29 is 10.2 Å². The minimum Gasteiger partial charge on any atom is -0.394 e. The lowest BCUT2D eigenvalue weighted by molar-refractivity contribution is 0.0939. The lowest BCUT2D eigenvalue weighted by Gasteiger charge is -2.09. The molecule has 0 saturated carbocycles. The van der Waals surface area contributed by atoms with Crippen LogP contribution in [0.2, 0.25) is 0 Å². The molecule has 3 heteroatoms. The fourth-order valence-corrected chi connectivity index (χ4v) is 0.603. The molecule has 0 fully saturated rings. The molecule has 1 unspecified atom stereocenters. The first-order valence-electron chi connectivity index (χ1n) is 3.66. The average Bonchev–Trinajstić information content (AvgIpc) is 1.87. The highest BCUT2D eigenvalue weighted by Gasteiger charge is 2.00. The molecule has 0 heterocycles. The van der Waals surface area contributed by atoms with Crippen molar-refractivity contribution in [1.29, 1.82) is 0 Å². The highest BCUT2D eigenvalue weighted by molar-refractivity contribution is 4.57. The second-order valence-corrected chi connectivity index (χ2v) is 2.89. The van der Waals surface area contributed by atoms with Gasteiger partial charge in [-0.3, -0.25) is 0 Å². The van der Waals surface area contributed by atoms with Crippen LogP contribution in [0, 0.1) is 5.92 Å². The van der Waals surface area contributed by atoms with E-state index in [1.54, 1.807) is 0 Å². The van der Waals surface area contributed by atoms with Crippen LogP contribution in [0.15, 0.2) is 0 Å². The van der Waals surface area contributed by atoms with E-state index in [9.17, 15) is 0 Å². The third kappa shape index (κ3) is 6.01. The predicted octanol–water partition coefficient (Wildman–Crippen LogP) is -0.415. The van der Waals surface area contributed by atoms with Crippen molar-refractivity contribution >= 4 is 0 Å². The van der Waals surface area contributed by atoms with Gasteiger partial charge in [-0.15, -0.1) is 0 Å². The highest BCUT2D eigenvalue weighted by Crippen LogP contribution is 1.86. The maximum Gasteiger partial charge on any atom is 0.0894 e. The number of hydrogen-bond acceptors (Lipinski definition) is 3. The summed E-state index contributed by atoms with van der Waals surface area (Å²) < 4.78 is 0. The molecule has 0 aliphatic carbocycles. The van der Waals surface area contributed by atoms with Crippen LogP contribution in [0.5, 0.6) is 0 Å². The first-order chi connectivity index (χ1) is 4.66. The Morgan fingerprint density at radius 3 is 2.30 bits per heavy atom. The summed E-state index contributed by atoms with van der Waals surface area (Å²) in [6, 6.07) is 0. The van der Waals surface area contributed by atoms with Gasteiger partial charge in [-0.1, -0.05) is 13.8 Å². The molecule has 0 aliphatic heterocycles. The topological polar surface area (TPSA) is 52.5 Å². The Hall–Kier alpha value is -0.120. The quantitative estimate of drug-likeness (QED) is 0.495. The zero-order chi connectivity index (χ0) is 7.98. The Bertz CT molecular complexity index is 76.0. The fraction of sp³-hybridized carbons (Fsp3) is 1.00. The first-order valence-corrected chi connectivity index (χ1v) is 3.66. The van der Waals surface area contributed by atoms with Gasteiger partial charge in [0.05, 0.1) is 12.7 Å². The maximum atomic E-state index is 8.86. The van der Waals surface area contributed by atoms with E-state index in [0.717, 1.165) is 6.54 Å². The van der Waals surface area contributed by atoms with Crippen molar-refractivity contribution in [3.8, 4) is 0 Å². The molecular weight excluding hydrogens is 130 g/mol. The average molecular weight is 147 g/mol. The van der Waals surface area contributed by atoms with Crippen LogP contribution in [0.25, 0.3) is 0 Å². The van der Waals surface area contributed by atoms with Crippen molar-refractivity contribution in [2.75, 3.05) is 19.7 Å². The third-order valence-corrected chi connectivity index (χ3v) is 1.14. The van der Waals surface area contributed by atoms with Crippen LogP contribution in [0.3, 0.4) is 0 Å². The van der Waals surface area contributed by atoms with E-state index in [1.165, 1.54) is 0 Å². The van der Waals surface area contributed by atoms with Gasteiger partial charge in [0.25, 0.3) is 0 Å². The Balaban J connectivity index is 3.03. The van der Waals surface area contributed by atoms with Crippen LogP contribution in [-0.4, -0.2) is 36.0 Å². The second kappa shape index (κ2) is 5.65. The zero-order valence-electron chi connectivity index (χ0n) is 6.67. The lowest BCUT2D eigenvalue weighted by atomic mass is 10.2. The molecule has 0 rings (SSSR count). The van der Waals surface area contributed by atoms with E-state index >= 15 is 0 Å². The standard InChI is InChI=1S/C7H17NO2/c1-6(2)3-8-4-7(10)5-9/h6-10H,3-5H2,1-2H3. The van der Waals surface area contributed by atoms with Gasteiger partial charge >= 0.3 is 0 Å². The third-order valence-electron chi connectivity index (χ3n) is 1.14. The number of nitrogens with one attached hydrogen (secondary N) is 1. The Kier molecular flexibility index (Phi) is 5.58. The summed E-state index contributed by atoms with van der Waals surface area (Å²) in [5, 5.41) is 20.3. The molecule has 0 aliphatic rings. The predicted molar refractivity (Wildman–Crippen MR) is 40.8 cm³/mol. The van der Waals surface area contributed by atoms with Gasteiger partial charge in [0, 0.05) is 6.54 Å². The molecule has 0 amide bonds. The molecular formula is C7H17NO2. The van der Waals surface area contributed by atoms with Crippen LogP contribution in [0.1, 0.15) is 13.8 Å². The number of aliphatic hydroxyl groups is 2. The van der Waals surface area contributed by atoms with Gasteiger partial charge in [-0.25, -0.2) is 0 Å². The normalized spacial score (nSPS) is 14.1. The molecule has 0 saturated heterocycles. The molecule has 0 radical (unpaired) electrons. The lowest BCUT2D eigenvalue weighted by Crippen LogP contribution is -2.31. The molecule has 62 valence electrons. The van der Waals surface area contributed by atoms with Crippen molar-refractivity contribution in [2.24, 2.45) is 5.92 Å². The molecule has 0 bridgehead atoms. The Labute approximate surface area is 62.1 Å². The van der Waals surface area contributed by atoms with Crippen molar-refractivity contribution in [2.45, 2.75) is 20.0 Å². The smallest absolute Gasteiger partial charge is 0.0894 e.